The summed E-state index contributed by atoms with van der Waals surface area (Å²) in [5, 5.41) is 8.89. The van der Waals surface area contributed by atoms with Crippen molar-refractivity contribution in [1.82, 2.24) is 9.80 Å². The van der Waals surface area contributed by atoms with Gasteiger partial charge in [-0.2, -0.15) is 0 Å². The highest BCUT2D eigenvalue weighted by atomic mass is 16.4. The first-order valence-corrected chi connectivity index (χ1v) is 6.41. The number of likely N-dealkylation sites (tertiary alicyclic amines) is 1. The maximum absolute atomic E-state index is 10.8. The molecule has 1 aliphatic heterocycles. The first-order chi connectivity index (χ1) is 7.80. The number of piperidine rings is 1. The molecule has 4 nitrogen and oxygen atoms in total. The third-order valence-corrected chi connectivity index (χ3v) is 3.53. The number of carboxylic acids is 1. The second kappa shape index (κ2) is 5.83. The van der Waals surface area contributed by atoms with Crippen molar-refractivity contribution in [3.05, 3.63) is 0 Å². The van der Waals surface area contributed by atoms with E-state index in [1.54, 1.807) is 0 Å². The van der Waals surface area contributed by atoms with Crippen molar-refractivity contribution in [2.75, 3.05) is 33.7 Å². The normalized spacial score (nSPS) is 23.0. The topological polar surface area (TPSA) is 43.8 Å². The fraction of sp³-hybridized carbons (Fsp3) is 0.923. The van der Waals surface area contributed by atoms with Crippen LogP contribution < -0.4 is 0 Å². The van der Waals surface area contributed by atoms with Gasteiger partial charge in [-0.1, -0.05) is 13.8 Å². The molecule has 0 aromatic rings. The number of nitrogens with zero attached hydrogens (tertiary/aromatic N) is 2. The zero-order valence-electron chi connectivity index (χ0n) is 11.6. The molecule has 1 saturated heterocycles. The number of carbonyl (C=O) groups is 1. The fourth-order valence-electron chi connectivity index (χ4n) is 2.77. The van der Waals surface area contributed by atoms with Crippen LogP contribution in [-0.4, -0.2) is 60.6 Å². The number of rotatable bonds is 5. The molecule has 1 N–H and O–H groups in total. The van der Waals surface area contributed by atoms with Crippen LogP contribution in [0.15, 0.2) is 0 Å². The van der Waals surface area contributed by atoms with Crippen LogP contribution in [0.2, 0.25) is 0 Å². The molecule has 100 valence electrons. The number of aliphatic carboxylic acids is 1. The predicted octanol–water partition coefficient (Wildman–Crippen LogP) is 1.51. The highest BCUT2D eigenvalue weighted by molar-refractivity contribution is 5.67. The zero-order valence-corrected chi connectivity index (χ0v) is 11.6. The lowest BCUT2D eigenvalue weighted by molar-refractivity contribution is -0.139. The molecule has 1 heterocycles. The molecule has 1 aliphatic rings. The van der Waals surface area contributed by atoms with E-state index < -0.39 is 5.97 Å². The Morgan fingerprint density at radius 1 is 1.53 bits per heavy atom. The van der Waals surface area contributed by atoms with E-state index in [4.69, 9.17) is 5.11 Å². The smallest absolute Gasteiger partial charge is 0.303 e. The Balaban J connectivity index is 2.46. The van der Waals surface area contributed by atoms with E-state index in [2.05, 4.69) is 23.9 Å². The minimum absolute atomic E-state index is 0.156. The monoisotopic (exact) mass is 242 g/mol. The summed E-state index contributed by atoms with van der Waals surface area (Å²) in [6, 6.07) is 0.571. The molecule has 0 bridgehead atoms. The van der Waals surface area contributed by atoms with Gasteiger partial charge in [0, 0.05) is 19.1 Å². The largest absolute Gasteiger partial charge is 0.481 e. The molecular weight excluding hydrogens is 216 g/mol. The Morgan fingerprint density at radius 3 is 2.71 bits per heavy atom. The van der Waals surface area contributed by atoms with Gasteiger partial charge in [0.15, 0.2) is 0 Å². The maximum Gasteiger partial charge on any atom is 0.303 e. The van der Waals surface area contributed by atoms with Crippen molar-refractivity contribution in [3.8, 4) is 0 Å². The van der Waals surface area contributed by atoms with E-state index >= 15 is 0 Å². The summed E-state index contributed by atoms with van der Waals surface area (Å²) in [7, 11) is 4.27. The molecule has 0 aliphatic carbocycles. The molecule has 0 radical (unpaired) electrons. The van der Waals surface area contributed by atoms with Crippen molar-refractivity contribution in [1.29, 1.82) is 0 Å². The number of hydrogen-bond acceptors (Lipinski definition) is 3. The third kappa shape index (κ3) is 5.04. The van der Waals surface area contributed by atoms with Gasteiger partial charge in [0.05, 0.1) is 6.42 Å². The first kappa shape index (κ1) is 14.5. The van der Waals surface area contributed by atoms with Crippen LogP contribution in [0.4, 0.5) is 0 Å². The lowest BCUT2D eigenvalue weighted by Crippen LogP contribution is -2.47. The van der Waals surface area contributed by atoms with E-state index in [0.717, 1.165) is 13.1 Å². The minimum atomic E-state index is -0.704. The molecule has 0 spiro atoms. The average Bonchev–Trinajstić information content (AvgIpc) is 2.14. The Labute approximate surface area is 105 Å². The van der Waals surface area contributed by atoms with Gasteiger partial charge in [-0.25, -0.2) is 0 Å². The molecule has 0 amide bonds. The Hall–Kier alpha value is -0.610. The molecule has 1 fully saturated rings. The van der Waals surface area contributed by atoms with Crippen molar-refractivity contribution < 1.29 is 9.90 Å². The Morgan fingerprint density at radius 2 is 2.18 bits per heavy atom. The van der Waals surface area contributed by atoms with Crippen LogP contribution in [0, 0.1) is 5.41 Å². The van der Waals surface area contributed by atoms with Gasteiger partial charge in [0.25, 0.3) is 0 Å². The fourth-order valence-corrected chi connectivity index (χ4v) is 2.77. The van der Waals surface area contributed by atoms with Gasteiger partial charge in [0.2, 0.25) is 0 Å². The van der Waals surface area contributed by atoms with Crippen molar-refractivity contribution in [2.45, 2.75) is 39.2 Å². The van der Waals surface area contributed by atoms with Gasteiger partial charge in [-0.3, -0.25) is 4.79 Å². The Kier molecular flexibility index (Phi) is 4.95. The summed E-state index contributed by atoms with van der Waals surface area (Å²) in [5.74, 6) is -0.704. The third-order valence-electron chi connectivity index (χ3n) is 3.53. The summed E-state index contributed by atoms with van der Waals surface area (Å²) >= 11 is 0. The van der Waals surface area contributed by atoms with Crippen LogP contribution in [-0.2, 0) is 4.79 Å². The van der Waals surface area contributed by atoms with Crippen LogP contribution in [0.5, 0.6) is 0 Å². The number of carboxylic acid groups (broad SMARTS) is 1. The summed E-state index contributed by atoms with van der Waals surface area (Å²) in [4.78, 5) is 15.5. The van der Waals surface area contributed by atoms with E-state index in [-0.39, 0.29) is 11.8 Å². The van der Waals surface area contributed by atoms with Crippen LogP contribution in [0.25, 0.3) is 0 Å². The van der Waals surface area contributed by atoms with Gasteiger partial charge >= 0.3 is 5.97 Å². The van der Waals surface area contributed by atoms with Gasteiger partial charge in [-0.05, 0) is 38.9 Å². The first-order valence-electron chi connectivity index (χ1n) is 6.41. The van der Waals surface area contributed by atoms with Crippen LogP contribution >= 0.6 is 0 Å². The lowest BCUT2D eigenvalue weighted by atomic mass is 9.88. The quantitative estimate of drug-likeness (QED) is 0.794. The van der Waals surface area contributed by atoms with Crippen LogP contribution in [0.1, 0.15) is 33.1 Å². The standard InChI is InChI=1S/C13H26N2O2/c1-13(2,8-12(16)17)10-15(4)11-6-5-7-14(3)9-11/h11H,5-10H2,1-4H3,(H,16,17). The highest BCUT2D eigenvalue weighted by Gasteiger charge is 2.28. The number of hydrogen-bond donors (Lipinski definition) is 1. The zero-order chi connectivity index (χ0) is 13.1. The van der Waals surface area contributed by atoms with Crippen molar-refractivity contribution >= 4 is 5.97 Å². The second-order valence-electron chi connectivity index (χ2n) is 6.21. The van der Waals surface area contributed by atoms with E-state index in [1.165, 1.54) is 19.4 Å². The second-order valence-corrected chi connectivity index (χ2v) is 6.21. The van der Waals surface area contributed by atoms with E-state index in [1.807, 2.05) is 13.8 Å². The van der Waals surface area contributed by atoms with Crippen LogP contribution in [0.3, 0.4) is 0 Å². The SMILES string of the molecule is CN1CCCC(N(C)CC(C)(C)CC(=O)O)C1. The summed E-state index contributed by atoms with van der Waals surface area (Å²) < 4.78 is 0. The van der Waals surface area contributed by atoms with Gasteiger partial charge in [0.1, 0.15) is 0 Å². The highest BCUT2D eigenvalue weighted by Crippen LogP contribution is 2.24. The molecule has 0 aromatic heterocycles. The molecule has 4 heteroatoms. The summed E-state index contributed by atoms with van der Waals surface area (Å²) in [6.07, 6.45) is 2.70. The van der Waals surface area contributed by atoms with E-state index in [9.17, 15) is 4.79 Å². The summed E-state index contributed by atoms with van der Waals surface area (Å²) in [5.41, 5.74) is -0.156. The van der Waals surface area contributed by atoms with Crippen molar-refractivity contribution in [2.24, 2.45) is 5.41 Å². The van der Waals surface area contributed by atoms with Crippen molar-refractivity contribution in [3.63, 3.8) is 0 Å². The van der Waals surface area contributed by atoms with Gasteiger partial charge in [-0.15, -0.1) is 0 Å². The Bertz CT molecular complexity index is 266. The minimum Gasteiger partial charge on any atom is -0.481 e. The maximum atomic E-state index is 10.8. The molecule has 0 saturated carbocycles. The molecule has 17 heavy (non-hydrogen) atoms. The summed E-state index contributed by atoms with van der Waals surface area (Å²) in [6.45, 7) is 7.19. The predicted molar refractivity (Wildman–Crippen MR) is 69.2 cm³/mol. The molecule has 1 unspecified atom stereocenters. The molecule has 1 atom stereocenters. The molecular formula is C13H26N2O2. The average molecular weight is 242 g/mol. The molecule has 1 rings (SSSR count). The lowest BCUT2D eigenvalue weighted by Gasteiger charge is -2.39. The van der Waals surface area contributed by atoms with Gasteiger partial charge < -0.3 is 14.9 Å². The van der Waals surface area contributed by atoms with E-state index in [0.29, 0.717) is 6.04 Å². The molecule has 0 aromatic carbocycles. The number of likely N-dealkylation sites (N-methyl/N-ethyl adjacent to an activating group) is 2.